The molecular weight excluding hydrogens is 256 g/mol. The zero-order chi connectivity index (χ0) is 14.0. The number of hydrogen-bond acceptors (Lipinski definition) is 4. The summed E-state index contributed by atoms with van der Waals surface area (Å²) in [5, 5.41) is 9.95. The van der Waals surface area contributed by atoms with Crippen LogP contribution in [0.3, 0.4) is 0 Å². The van der Waals surface area contributed by atoms with Gasteiger partial charge in [-0.05, 0) is 68.3 Å². The Morgan fingerprint density at radius 1 is 1.05 bits per heavy atom. The van der Waals surface area contributed by atoms with Crippen molar-refractivity contribution < 1.29 is 5.11 Å². The summed E-state index contributed by atoms with van der Waals surface area (Å²) in [6.07, 6.45) is 0. The van der Waals surface area contributed by atoms with Gasteiger partial charge in [-0.25, -0.2) is 9.97 Å². The zero-order valence-electron chi connectivity index (χ0n) is 11.7. The van der Waals surface area contributed by atoms with Gasteiger partial charge < -0.3 is 5.11 Å². The van der Waals surface area contributed by atoms with Gasteiger partial charge in [-0.15, -0.1) is 0 Å². The number of rotatable bonds is 3. The molecule has 0 saturated carbocycles. The molecule has 19 heavy (non-hydrogen) atoms. The van der Waals surface area contributed by atoms with Crippen LogP contribution < -0.4 is 0 Å². The Morgan fingerprint density at radius 2 is 1.68 bits per heavy atom. The number of benzene rings is 1. The number of aryl methyl sites for hydroxylation is 3. The van der Waals surface area contributed by atoms with Gasteiger partial charge in [0.2, 0.25) is 0 Å². The van der Waals surface area contributed by atoms with Gasteiger partial charge in [0.25, 0.3) is 0 Å². The van der Waals surface area contributed by atoms with Crippen LogP contribution >= 0.6 is 11.8 Å². The molecule has 0 aliphatic heterocycles. The fourth-order valence-corrected chi connectivity index (χ4v) is 2.75. The summed E-state index contributed by atoms with van der Waals surface area (Å²) in [5.74, 6) is 0. The van der Waals surface area contributed by atoms with Crippen LogP contribution in [-0.2, 0) is 6.61 Å². The van der Waals surface area contributed by atoms with Crippen molar-refractivity contribution >= 4 is 11.8 Å². The van der Waals surface area contributed by atoms with Crippen LogP contribution in [-0.4, -0.2) is 15.1 Å². The lowest BCUT2D eigenvalue weighted by Crippen LogP contribution is -1.98. The predicted molar refractivity (Wildman–Crippen MR) is 77.5 cm³/mol. The molecule has 3 nitrogen and oxygen atoms in total. The molecule has 4 heteroatoms. The summed E-state index contributed by atoms with van der Waals surface area (Å²) in [7, 11) is 0. The molecule has 1 heterocycles. The SMILES string of the molecule is Cc1cc(Sc2nc(C)c(C)c(C)n2)ccc1CO. The average Bonchev–Trinajstić information content (AvgIpc) is 2.36. The van der Waals surface area contributed by atoms with E-state index < -0.39 is 0 Å². The summed E-state index contributed by atoms with van der Waals surface area (Å²) in [4.78, 5) is 10.1. The number of aromatic nitrogens is 2. The van der Waals surface area contributed by atoms with Gasteiger partial charge in [0.1, 0.15) is 0 Å². The molecule has 100 valence electrons. The van der Waals surface area contributed by atoms with E-state index in [1.54, 1.807) is 11.8 Å². The second-order valence-electron chi connectivity index (χ2n) is 4.65. The first kappa shape index (κ1) is 14.0. The molecule has 0 radical (unpaired) electrons. The average molecular weight is 274 g/mol. The summed E-state index contributed by atoms with van der Waals surface area (Å²) >= 11 is 1.55. The van der Waals surface area contributed by atoms with Gasteiger partial charge in [0, 0.05) is 16.3 Å². The molecule has 0 aliphatic carbocycles. The number of aliphatic hydroxyl groups excluding tert-OH is 1. The lowest BCUT2D eigenvalue weighted by atomic mass is 10.1. The van der Waals surface area contributed by atoms with Gasteiger partial charge in [0.05, 0.1) is 6.61 Å². The molecule has 1 N–H and O–H groups in total. The fourth-order valence-electron chi connectivity index (χ4n) is 1.80. The van der Waals surface area contributed by atoms with Gasteiger partial charge in [-0.2, -0.15) is 0 Å². The standard InChI is InChI=1S/C15H18N2OS/c1-9-7-14(6-5-13(9)8-18)19-15-16-11(3)10(2)12(4)17-15/h5-7,18H,8H2,1-4H3. The minimum atomic E-state index is 0.0794. The first-order valence-corrected chi connectivity index (χ1v) is 7.03. The Balaban J connectivity index is 2.29. The third-order valence-corrected chi connectivity index (χ3v) is 4.16. The molecule has 0 aliphatic rings. The summed E-state index contributed by atoms with van der Waals surface area (Å²) < 4.78 is 0. The van der Waals surface area contributed by atoms with Gasteiger partial charge in [-0.3, -0.25) is 0 Å². The van der Waals surface area contributed by atoms with Crippen LogP contribution in [0.2, 0.25) is 0 Å². The Kier molecular flexibility index (Phi) is 4.22. The van der Waals surface area contributed by atoms with Crippen LogP contribution in [0.15, 0.2) is 28.3 Å². The van der Waals surface area contributed by atoms with Crippen molar-refractivity contribution in [3.05, 3.63) is 46.3 Å². The third kappa shape index (κ3) is 3.14. The molecule has 0 atom stereocenters. The van der Waals surface area contributed by atoms with E-state index >= 15 is 0 Å². The van der Waals surface area contributed by atoms with Gasteiger partial charge >= 0.3 is 0 Å². The second kappa shape index (κ2) is 5.72. The maximum atomic E-state index is 9.17. The molecule has 2 rings (SSSR count). The number of hydrogen-bond donors (Lipinski definition) is 1. The van der Waals surface area contributed by atoms with Crippen molar-refractivity contribution in [1.82, 2.24) is 9.97 Å². The molecule has 0 amide bonds. The maximum absolute atomic E-state index is 9.17. The van der Waals surface area contributed by atoms with Gasteiger partial charge in [-0.1, -0.05) is 6.07 Å². The third-order valence-electron chi connectivity index (χ3n) is 3.31. The Morgan fingerprint density at radius 3 is 2.21 bits per heavy atom. The molecule has 1 aromatic heterocycles. The topological polar surface area (TPSA) is 46.0 Å². The van der Waals surface area contributed by atoms with E-state index in [0.717, 1.165) is 38.1 Å². The summed E-state index contributed by atoms with van der Waals surface area (Å²) in [5.41, 5.74) is 5.25. The van der Waals surface area contributed by atoms with Gasteiger partial charge in [0.15, 0.2) is 5.16 Å². The predicted octanol–water partition coefficient (Wildman–Crippen LogP) is 3.35. The largest absolute Gasteiger partial charge is 0.392 e. The fraction of sp³-hybridized carbons (Fsp3) is 0.333. The monoisotopic (exact) mass is 274 g/mol. The van der Waals surface area contributed by atoms with E-state index in [-0.39, 0.29) is 6.61 Å². The summed E-state index contributed by atoms with van der Waals surface area (Å²) in [6.45, 7) is 8.14. The number of nitrogens with zero attached hydrogens (tertiary/aromatic N) is 2. The first-order chi connectivity index (χ1) is 9.01. The van der Waals surface area contributed by atoms with Crippen LogP contribution in [0.5, 0.6) is 0 Å². The van der Waals surface area contributed by atoms with Crippen molar-refractivity contribution in [2.45, 2.75) is 44.4 Å². The van der Waals surface area contributed by atoms with E-state index in [4.69, 9.17) is 0 Å². The molecule has 0 saturated heterocycles. The van der Waals surface area contributed by atoms with Crippen molar-refractivity contribution in [2.75, 3.05) is 0 Å². The quantitative estimate of drug-likeness (QED) is 0.872. The molecule has 0 spiro atoms. The highest BCUT2D eigenvalue weighted by atomic mass is 32.2. The Labute approximate surface area is 118 Å². The van der Waals surface area contributed by atoms with E-state index in [1.165, 1.54) is 0 Å². The second-order valence-corrected chi connectivity index (χ2v) is 5.69. The smallest absolute Gasteiger partial charge is 0.192 e. The van der Waals surface area contributed by atoms with Crippen LogP contribution in [0.1, 0.15) is 28.1 Å². The van der Waals surface area contributed by atoms with Crippen molar-refractivity contribution in [1.29, 1.82) is 0 Å². The molecule has 0 unspecified atom stereocenters. The lowest BCUT2D eigenvalue weighted by Gasteiger charge is -2.08. The minimum absolute atomic E-state index is 0.0794. The highest BCUT2D eigenvalue weighted by molar-refractivity contribution is 7.99. The number of aliphatic hydroxyl groups is 1. The Hall–Kier alpha value is -1.39. The van der Waals surface area contributed by atoms with Crippen LogP contribution in [0.4, 0.5) is 0 Å². The van der Waals surface area contributed by atoms with Crippen molar-refractivity contribution in [2.24, 2.45) is 0 Å². The van der Waals surface area contributed by atoms with E-state index in [2.05, 4.69) is 16.0 Å². The first-order valence-electron chi connectivity index (χ1n) is 6.21. The summed E-state index contributed by atoms with van der Waals surface area (Å²) in [6, 6.07) is 6.01. The Bertz CT molecular complexity index is 588. The molecular formula is C15H18N2OS. The van der Waals surface area contributed by atoms with Crippen molar-refractivity contribution in [3.8, 4) is 0 Å². The van der Waals surface area contributed by atoms with E-state index in [0.29, 0.717) is 0 Å². The van der Waals surface area contributed by atoms with Crippen LogP contribution in [0.25, 0.3) is 0 Å². The van der Waals surface area contributed by atoms with E-state index in [1.807, 2.05) is 39.8 Å². The van der Waals surface area contributed by atoms with E-state index in [9.17, 15) is 5.11 Å². The molecule has 0 bridgehead atoms. The molecule has 1 aromatic carbocycles. The minimum Gasteiger partial charge on any atom is -0.392 e. The lowest BCUT2D eigenvalue weighted by molar-refractivity contribution is 0.281. The normalized spacial score (nSPS) is 10.8. The highest BCUT2D eigenvalue weighted by Crippen LogP contribution is 2.27. The highest BCUT2D eigenvalue weighted by Gasteiger charge is 2.07. The molecule has 0 fully saturated rings. The maximum Gasteiger partial charge on any atom is 0.192 e. The van der Waals surface area contributed by atoms with Crippen LogP contribution in [0, 0.1) is 27.7 Å². The zero-order valence-corrected chi connectivity index (χ0v) is 12.5. The van der Waals surface area contributed by atoms with Crippen molar-refractivity contribution in [3.63, 3.8) is 0 Å². The molecule has 2 aromatic rings.